The van der Waals surface area contributed by atoms with Gasteiger partial charge in [-0.25, -0.2) is 13.8 Å². The Labute approximate surface area is 175 Å². The van der Waals surface area contributed by atoms with E-state index in [4.69, 9.17) is 22.1 Å². The van der Waals surface area contributed by atoms with E-state index < -0.39 is 11.6 Å². The van der Waals surface area contributed by atoms with Crippen LogP contribution < -0.4 is 15.9 Å². The lowest BCUT2D eigenvalue weighted by Gasteiger charge is -2.12. The van der Waals surface area contributed by atoms with Crippen LogP contribution in [0.1, 0.15) is 0 Å². The summed E-state index contributed by atoms with van der Waals surface area (Å²) in [5.74, 6) is -0.832. The summed E-state index contributed by atoms with van der Waals surface area (Å²) in [5, 5.41) is 0.0883. The van der Waals surface area contributed by atoms with Gasteiger partial charge in [0.25, 0.3) is 0 Å². The van der Waals surface area contributed by atoms with E-state index in [1.165, 1.54) is 60.9 Å². The summed E-state index contributed by atoms with van der Waals surface area (Å²) in [6.45, 7) is 0. The fourth-order valence-electron chi connectivity index (χ4n) is 2.86. The van der Waals surface area contributed by atoms with E-state index in [9.17, 15) is 13.6 Å². The maximum absolute atomic E-state index is 14.7. The molecule has 0 spiro atoms. The van der Waals surface area contributed by atoms with E-state index in [0.29, 0.717) is 16.8 Å². The number of pyridine rings is 2. The molecular weight excluding hydrogens is 412 g/mol. The molecule has 2 aromatic heterocycles. The van der Waals surface area contributed by atoms with Crippen LogP contribution >= 0.6 is 11.6 Å². The summed E-state index contributed by atoms with van der Waals surface area (Å²) in [5.41, 5.74) is 6.77. The molecule has 0 amide bonds. The summed E-state index contributed by atoms with van der Waals surface area (Å²) >= 11 is 6.03. The van der Waals surface area contributed by atoms with Crippen LogP contribution in [0, 0.1) is 11.6 Å². The number of nitrogens with zero attached hydrogens (tertiary/aromatic N) is 2. The highest BCUT2D eigenvalue weighted by molar-refractivity contribution is 6.34. The second-order valence-electron chi connectivity index (χ2n) is 6.36. The number of hydrogen-bond acceptors (Lipinski definition) is 4. The molecule has 0 atom stereocenters. The van der Waals surface area contributed by atoms with Crippen LogP contribution in [-0.4, -0.2) is 9.55 Å². The molecule has 0 radical (unpaired) electrons. The van der Waals surface area contributed by atoms with E-state index >= 15 is 0 Å². The molecule has 30 heavy (non-hydrogen) atoms. The number of nitrogen functional groups attached to an aromatic ring is 1. The van der Waals surface area contributed by atoms with Crippen molar-refractivity contribution in [3.8, 4) is 28.3 Å². The Bertz CT molecular complexity index is 1290. The van der Waals surface area contributed by atoms with Crippen molar-refractivity contribution < 1.29 is 13.5 Å². The Kier molecular flexibility index (Phi) is 5.20. The first-order valence-corrected chi connectivity index (χ1v) is 9.16. The van der Waals surface area contributed by atoms with Gasteiger partial charge in [0, 0.05) is 48.0 Å². The third kappa shape index (κ3) is 3.88. The van der Waals surface area contributed by atoms with Gasteiger partial charge in [0.05, 0.1) is 0 Å². The minimum absolute atomic E-state index is 0.0500. The Hall–Kier alpha value is -3.71. The Morgan fingerprint density at radius 1 is 1.00 bits per heavy atom. The highest BCUT2D eigenvalue weighted by Crippen LogP contribution is 2.33. The Morgan fingerprint density at radius 3 is 2.50 bits per heavy atom. The zero-order valence-electron chi connectivity index (χ0n) is 15.4. The molecular formula is C22H14ClF2N3O2. The van der Waals surface area contributed by atoms with Gasteiger partial charge in [0.1, 0.15) is 16.7 Å². The van der Waals surface area contributed by atoms with Crippen LogP contribution in [0.3, 0.4) is 0 Å². The smallest absolute Gasteiger partial charge is 0.189 e. The van der Waals surface area contributed by atoms with E-state index in [-0.39, 0.29) is 27.8 Å². The van der Waals surface area contributed by atoms with Crippen molar-refractivity contribution in [3.63, 3.8) is 0 Å². The number of ether oxygens (including phenoxy) is 1. The fourth-order valence-corrected chi connectivity index (χ4v) is 3.01. The van der Waals surface area contributed by atoms with Gasteiger partial charge in [0.2, 0.25) is 0 Å². The zero-order valence-corrected chi connectivity index (χ0v) is 16.1. The Morgan fingerprint density at radius 2 is 1.77 bits per heavy atom. The third-order valence-corrected chi connectivity index (χ3v) is 4.77. The quantitative estimate of drug-likeness (QED) is 0.487. The molecule has 2 heterocycles. The van der Waals surface area contributed by atoms with Crippen molar-refractivity contribution >= 4 is 17.4 Å². The van der Waals surface area contributed by atoms with Crippen LogP contribution in [0.2, 0.25) is 5.02 Å². The molecule has 0 saturated heterocycles. The second-order valence-corrected chi connectivity index (χ2v) is 6.74. The third-order valence-electron chi connectivity index (χ3n) is 4.39. The van der Waals surface area contributed by atoms with E-state index in [0.717, 1.165) is 0 Å². The minimum Gasteiger partial charge on any atom is -0.453 e. The minimum atomic E-state index is -0.638. The molecule has 2 N–H and O–H groups in total. The number of halogens is 3. The van der Waals surface area contributed by atoms with Gasteiger partial charge in [-0.05, 0) is 29.8 Å². The normalized spacial score (nSPS) is 10.8. The summed E-state index contributed by atoms with van der Waals surface area (Å²) in [4.78, 5) is 16.1. The van der Waals surface area contributed by atoms with Gasteiger partial charge >= 0.3 is 0 Å². The first-order valence-electron chi connectivity index (χ1n) is 8.78. The van der Waals surface area contributed by atoms with Gasteiger partial charge in [-0.15, -0.1) is 0 Å². The van der Waals surface area contributed by atoms with E-state index in [1.54, 1.807) is 16.8 Å². The SMILES string of the molecule is Nc1nccc(Oc2ccc(-n3ccc(=O)c(-c4ccc(F)cc4)c3)cc2F)c1Cl. The molecule has 0 unspecified atom stereocenters. The highest BCUT2D eigenvalue weighted by Gasteiger charge is 2.12. The van der Waals surface area contributed by atoms with Crippen molar-refractivity contribution in [1.29, 1.82) is 0 Å². The van der Waals surface area contributed by atoms with Gasteiger partial charge < -0.3 is 15.0 Å². The van der Waals surface area contributed by atoms with Crippen LogP contribution in [0.4, 0.5) is 14.6 Å². The van der Waals surface area contributed by atoms with Crippen molar-refractivity contribution in [3.05, 3.63) is 100 Å². The van der Waals surface area contributed by atoms with Crippen molar-refractivity contribution in [2.24, 2.45) is 0 Å². The van der Waals surface area contributed by atoms with Crippen LogP contribution in [0.5, 0.6) is 11.5 Å². The maximum Gasteiger partial charge on any atom is 0.189 e. The second kappa shape index (κ2) is 7.96. The molecule has 150 valence electrons. The molecule has 4 aromatic rings. The van der Waals surface area contributed by atoms with Gasteiger partial charge in [-0.1, -0.05) is 23.7 Å². The molecule has 2 aromatic carbocycles. The molecule has 0 aliphatic rings. The zero-order chi connectivity index (χ0) is 21.3. The Balaban J connectivity index is 1.68. The molecule has 0 fully saturated rings. The predicted molar refractivity (Wildman–Crippen MR) is 111 cm³/mol. The number of nitrogens with two attached hydrogens (primary N) is 1. The van der Waals surface area contributed by atoms with E-state index in [2.05, 4.69) is 4.98 Å². The van der Waals surface area contributed by atoms with Crippen LogP contribution in [0.25, 0.3) is 16.8 Å². The highest BCUT2D eigenvalue weighted by atomic mass is 35.5. The average molecular weight is 426 g/mol. The number of anilines is 1. The number of benzene rings is 2. The topological polar surface area (TPSA) is 70.1 Å². The van der Waals surface area contributed by atoms with Crippen LogP contribution in [-0.2, 0) is 0 Å². The van der Waals surface area contributed by atoms with Crippen molar-refractivity contribution in [2.45, 2.75) is 0 Å². The first kappa shape index (κ1) is 19.6. The van der Waals surface area contributed by atoms with Gasteiger partial charge in [-0.3, -0.25) is 4.79 Å². The lowest BCUT2D eigenvalue weighted by Crippen LogP contribution is -2.08. The predicted octanol–water partition coefficient (Wildman–Crippen LogP) is 5.21. The van der Waals surface area contributed by atoms with Crippen LogP contribution in [0.15, 0.2) is 78.0 Å². The number of aromatic nitrogens is 2. The molecule has 0 aliphatic heterocycles. The molecule has 0 bridgehead atoms. The average Bonchev–Trinajstić information content (AvgIpc) is 2.74. The summed E-state index contributed by atoms with van der Waals surface area (Å²) in [6, 6.07) is 12.7. The fraction of sp³-hybridized carbons (Fsp3) is 0. The summed E-state index contributed by atoms with van der Waals surface area (Å²) < 4.78 is 34.9. The van der Waals surface area contributed by atoms with Gasteiger partial charge in [0.15, 0.2) is 22.7 Å². The van der Waals surface area contributed by atoms with Crippen molar-refractivity contribution in [1.82, 2.24) is 9.55 Å². The number of hydrogen-bond donors (Lipinski definition) is 1. The molecule has 0 saturated carbocycles. The van der Waals surface area contributed by atoms with Gasteiger partial charge in [-0.2, -0.15) is 0 Å². The summed E-state index contributed by atoms with van der Waals surface area (Å²) in [6.07, 6.45) is 4.48. The molecule has 8 heteroatoms. The monoisotopic (exact) mass is 425 g/mol. The molecule has 4 rings (SSSR count). The van der Waals surface area contributed by atoms with Crippen molar-refractivity contribution in [2.75, 3.05) is 5.73 Å². The standard InChI is InChI=1S/C22H14ClF2N3O2/c23-21-20(7-9-27-22(21)26)30-19-6-5-15(11-17(19)25)28-10-8-18(29)16(12-28)13-1-3-14(24)4-2-13/h1-12H,(H2,26,27). The molecule has 5 nitrogen and oxygen atoms in total. The first-order chi connectivity index (χ1) is 14.4. The number of rotatable bonds is 4. The lowest BCUT2D eigenvalue weighted by molar-refractivity contribution is 0.442. The summed E-state index contributed by atoms with van der Waals surface area (Å²) in [7, 11) is 0. The van der Waals surface area contributed by atoms with E-state index in [1.807, 2.05) is 0 Å². The largest absolute Gasteiger partial charge is 0.453 e. The molecule has 0 aliphatic carbocycles. The maximum atomic E-state index is 14.7. The lowest BCUT2D eigenvalue weighted by atomic mass is 10.1.